The molecule has 0 unspecified atom stereocenters. The maximum Gasteiger partial charge on any atom is 0.240 e. The maximum atomic E-state index is 13.5. The van der Waals surface area contributed by atoms with E-state index in [4.69, 9.17) is 16.0 Å². The fourth-order valence-electron chi connectivity index (χ4n) is 3.95. The monoisotopic (exact) mass is 527 g/mol. The molecule has 1 aliphatic rings. The van der Waals surface area contributed by atoms with Crippen LogP contribution in [0.15, 0.2) is 86.4 Å². The number of piperazine rings is 1. The Morgan fingerprint density at radius 3 is 2.34 bits per heavy atom. The van der Waals surface area contributed by atoms with Crippen molar-refractivity contribution in [2.24, 2.45) is 0 Å². The molecule has 4 aromatic rings. The van der Waals surface area contributed by atoms with E-state index in [0.717, 1.165) is 10.4 Å². The van der Waals surface area contributed by atoms with Crippen LogP contribution in [0.25, 0.3) is 10.8 Å². The molecule has 35 heavy (non-hydrogen) atoms. The number of benzene rings is 2. The molecule has 5 rings (SSSR count). The number of halogens is 1. The van der Waals surface area contributed by atoms with Crippen LogP contribution >= 0.6 is 22.9 Å². The first-order chi connectivity index (χ1) is 16.9. The minimum atomic E-state index is -3.96. The van der Waals surface area contributed by atoms with Crippen molar-refractivity contribution < 1.29 is 17.6 Å². The van der Waals surface area contributed by atoms with Crippen molar-refractivity contribution >= 4 is 44.6 Å². The first kappa shape index (κ1) is 23.6. The Hall–Kier alpha value is -3.14. The molecule has 2 aromatic heterocycles. The highest BCUT2D eigenvalue weighted by Crippen LogP contribution is 2.36. The van der Waals surface area contributed by atoms with Gasteiger partial charge >= 0.3 is 0 Å². The van der Waals surface area contributed by atoms with E-state index in [1.54, 1.807) is 4.90 Å². The molecule has 2 aromatic carbocycles. The van der Waals surface area contributed by atoms with E-state index >= 15 is 0 Å². The molecule has 0 radical (unpaired) electrons. The molecule has 180 valence electrons. The summed E-state index contributed by atoms with van der Waals surface area (Å²) in [6.45, 7) is 1.79. The molecule has 1 fully saturated rings. The van der Waals surface area contributed by atoms with Gasteiger partial charge in [-0.15, -0.1) is 11.3 Å². The van der Waals surface area contributed by atoms with Crippen LogP contribution in [0.5, 0.6) is 0 Å². The SMILES string of the molecule is O=C(Cc1ccccc1)N1CCN(c2oc(-c3cccs3)nc2S(=O)(=O)c2ccc(Cl)cc2)CC1. The number of carbonyl (C=O) groups is 1. The van der Waals surface area contributed by atoms with Gasteiger partial charge in [-0.25, -0.2) is 8.42 Å². The summed E-state index contributed by atoms with van der Waals surface area (Å²) in [7, 11) is -3.96. The molecule has 0 aliphatic carbocycles. The quantitative estimate of drug-likeness (QED) is 0.359. The molecule has 0 bridgehead atoms. The smallest absolute Gasteiger partial charge is 0.240 e. The van der Waals surface area contributed by atoms with Gasteiger partial charge in [0.15, 0.2) is 0 Å². The van der Waals surface area contributed by atoms with E-state index in [-0.39, 0.29) is 27.6 Å². The third-order valence-corrected chi connectivity index (χ3v) is 8.59. The zero-order valence-corrected chi connectivity index (χ0v) is 21.0. The summed E-state index contributed by atoms with van der Waals surface area (Å²) in [4.78, 5) is 21.7. The number of nitrogens with zero attached hydrogens (tertiary/aromatic N) is 3. The summed E-state index contributed by atoms with van der Waals surface area (Å²) >= 11 is 7.37. The van der Waals surface area contributed by atoms with Crippen molar-refractivity contribution in [2.75, 3.05) is 31.1 Å². The first-order valence-electron chi connectivity index (χ1n) is 11.0. The van der Waals surface area contributed by atoms with Crippen LogP contribution in [0.4, 0.5) is 5.88 Å². The Kier molecular flexibility index (Phi) is 6.64. The highest BCUT2D eigenvalue weighted by Gasteiger charge is 2.33. The number of hydrogen-bond acceptors (Lipinski definition) is 7. The molecule has 0 N–H and O–H groups in total. The van der Waals surface area contributed by atoms with Crippen molar-refractivity contribution in [3.8, 4) is 10.8 Å². The summed E-state index contributed by atoms with van der Waals surface area (Å²) in [5.74, 6) is 0.491. The van der Waals surface area contributed by atoms with Gasteiger partial charge in [0.2, 0.25) is 32.5 Å². The molecule has 1 amide bonds. The molecule has 1 saturated heterocycles. The molecule has 1 aliphatic heterocycles. The second kappa shape index (κ2) is 9.85. The van der Waals surface area contributed by atoms with E-state index in [2.05, 4.69) is 4.98 Å². The number of amides is 1. The van der Waals surface area contributed by atoms with Crippen molar-refractivity contribution in [3.63, 3.8) is 0 Å². The van der Waals surface area contributed by atoms with Gasteiger partial charge in [0.25, 0.3) is 0 Å². The number of rotatable bonds is 6. The lowest BCUT2D eigenvalue weighted by Crippen LogP contribution is -2.49. The van der Waals surface area contributed by atoms with Crippen molar-refractivity contribution in [3.05, 3.63) is 82.7 Å². The fraction of sp³-hybridized carbons (Fsp3) is 0.200. The largest absolute Gasteiger partial charge is 0.418 e. The van der Waals surface area contributed by atoms with E-state index in [0.29, 0.717) is 37.6 Å². The minimum absolute atomic E-state index is 0.0432. The molecule has 0 spiro atoms. The average Bonchev–Trinajstić information content (AvgIpc) is 3.56. The van der Waals surface area contributed by atoms with Crippen LogP contribution in [-0.2, 0) is 21.1 Å². The third kappa shape index (κ3) is 4.98. The minimum Gasteiger partial charge on any atom is -0.418 e. The van der Waals surface area contributed by atoms with Crippen LogP contribution in [0, 0.1) is 0 Å². The van der Waals surface area contributed by atoms with Crippen molar-refractivity contribution in [1.29, 1.82) is 0 Å². The predicted molar refractivity (Wildman–Crippen MR) is 136 cm³/mol. The third-order valence-electron chi connectivity index (χ3n) is 5.81. The number of aromatic nitrogens is 1. The molecule has 0 saturated carbocycles. The summed E-state index contributed by atoms with van der Waals surface area (Å²) in [5, 5.41) is 2.19. The molecule has 3 heterocycles. The molecule has 0 atom stereocenters. The zero-order chi connectivity index (χ0) is 24.4. The van der Waals surface area contributed by atoms with E-state index in [1.807, 2.05) is 52.7 Å². The number of anilines is 1. The fourth-order valence-corrected chi connectivity index (χ4v) is 6.04. The second-order valence-electron chi connectivity index (χ2n) is 8.09. The molecular formula is C25H22ClN3O4S2. The van der Waals surface area contributed by atoms with Crippen LogP contribution in [0.1, 0.15) is 5.56 Å². The number of hydrogen-bond donors (Lipinski definition) is 0. The lowest BCUT2D eigenvalue weighted by atomic mass is 10.1. The first-order valence-corrected chi connectivity index (χ1v) is 13.8. The van der Waals surface area contributed by atoms with Crippen LogP contribution < -0.4 is 4.90 Å². The van der Waals surface area contributed by atoms with Crippen LogP contribution in [-0.4, -0.2) is 50.4 Å². The Morgan fingerprint density at radius 2 is 1.69 bits per heavy atom. The summed E-state index contributed by atoms with van der Waals surface area (Å²) in [6, 6.07) is 19.3. The zero-order valence-electron chi connectivity index (χ0n) is 18.6. The summed E-state index contributed by atoms with van der Waals surface area (Å²) in [5.41, 5.74) is 0.965. The molecule has 10 heteroatoms. The average molecular weight is 528 g/mol. The van der Waals surface area contributed by atoms with Gasteiger partial charge in [0, 0.05) is 31.2 Å². The van der Waals surface area contributed by atoms with Crippen LogP contribution in [0.3, 0.4) is 0 Å². The van der Waals surface area contributed by atoms with Crippen molar-refractivity contribution in [1.82, 2.24) is 9.88 Å². The second-order valence-corrected chi connectivity index (χ2v) is 11.3. The normalized spacial score (nSPS) is 14.3. The summed E-state index contributed by atoms with van der Waals surface area (Å²) < 4.78 is 33.1. The maximum absolute atomic E-state index is 13.5. The molecular weight excluding hydrogens is 506 g/mol. The molecule has 7 nitrogen and oxygen atoms in total. The lowest BCUT2D eigenvalue weighted by Gasteiger charge is -2.34. The predicted octanol–water partition coefficient (Wildman–Crippen LogP) is 4.78. The number of carbonyl (C=O) groups excluding carboxylic acids is 1. The van der Waals surface area contributed by atoms with E-state index in [1.165, 1.54) is 35.6 Å². The number of sulfone groups is 1. The van der Waals surface area contributed by atoms with Crippen molar-refractivity contribution in [2.45, 2.75) is 16.3 Å². The van der Waals surface area contributed by atoms with Gasteiger partial charge in [-0.2, -0.15) is 4.98 Å². The van der Waals surface area contributed by atoms with Gasteiger partial charge in [-0.3, -0.25) is 4.79 Å². The Morgan fingerprint density at radius 1 is 0.971 bits per heavy atom. The van der Waals surface area contributed by atoms with Gasteiger partial charge in [0.05, 0.1) is 16.2 Å². The number of oxazole rings is 1. The Labute approximate surface area is 212 Å². The summed E-state index contributed by atoms with van der Waals surface area (Å²) in [6.07, 6.45) is 0.335. The number of thiophene rings is 1. The van der Waals surface area contributed by atoms with Gasteiger partial charge < -0.3 is 14.2 Å². The van der Waals surface area contributed by atoms with E-state index < -0.39 is 9.84 Å². The van der Waals surface area contributed by atoms with Gasteiger partial charge in [-0.05, 0) is 41.3 Å². The highest BCUT2D eigenvalue weighted by molar-refractivity contribution is 7.91. The standard InChI is InChI=1S/C25H22ClN3O4S2/c26-19-8-10-20(11-9-19)35(31,32)24-25(33-23(27-24)21-7-4-16-34-21)29-14-12-28(13-15-29)22(30)17-18-5-2-1-3-6-18/h1-11,16H,12-15,17H2. The van der Waals surface area contributed by atoms with Gasteiger partial charge in [-0.1, -0.05) is 48.0 Å². The van der Waals surface area contributed by atoms with Crippen LogP contribution in [0.2, 0.25) is 5.02 Å². The van der Waals surface area contributed by atoms with E-state index in [9.17, 15) is 13.2 Å². The topological polar surface area (TPSA) is 83.7 Å². The Bertz CT molecular complexity index is 1410. The Balaban J connectivity index is 1.40. The highest BCUT2D eigenvalue weighted by atomic mass is 35.5. The lowest BCUT2D eigenvalue weighted by molar-refractivity contribution is -0.130. The van der Waals surface area contributed by atoms with Gasteiger partial charge in [0.1, 0.15) is 0 Å².